The summed E-state index contributed by atoms with van der Waals surface area (Å²) in [6, 6.07) is 0. The van der Waals surface area contributed by atoms with Crippen molar-refractivity contribution in [3.05, 3.63) is 16.4 Å². The van der Waals surface area contributed by atoms with Gasteiger partial charge in [0.2, 0.25) is 0 Å². The van der Waals surface area contributed by atoms with Crippen molar-refractivity contribution in [2.24, 2.45) is 0 Å². The summed E-state index contributed by atoms with van der Waals surface area (Å²) in [6.45, 7) is 3.75. The summed E-state index contributed by atoms with van der Waals surface area (Å²) in [6.07, 6.45) is 3.87. The van der Waals surface area contributed by atoms with E-state index in [2.05, 4.69) is 28.0 Å². The molecule has 2 aliphatic heterocycles. The number of aryl methyl sites for hydroxylation is 1. The van der Waals surface area contributed by atoms with Crippen LogP contribution in [0.3, 0.4) is 0 Å². The van der Waals surface area contributed by atoms with E-state index < -0.39 is 0 Å². The normalized spacial score (nSPS) is 33.9. The number of halogens is 1. The number of epoxide rings is 1. The van der Waals surface area contributed by atoms with Crippen LogP contribution in [0, 0.1) is 0 Å². The number of rotatable bonds is 2. The van der Waals surface area contributed by atoms with Gasteiger partial charge in [-0.05, 0) is 35.7 Å². The zero-order valence-corrected chi connectivity index (χ0v) is 10.2. The number of hydrogen-bond acceptors (Lipinski definition) is 3. The third-order valence-corrected chi connectivity index (χ3v) is 3.68. The van der Waals surface area contributed by atoms with Crippen molar-refractivity contribution < 1.29 is 9.47 Å². The highest BCUT2D eigenvalue weighted by Crippen LogP contribution is 2.54. The van der Waals surface area contributed by atoms with Gasteiger partial charge >= 0.3 is 0 Å². The average molecular weight is 273 g/mol. The highest BCUT2D eigenvalue weighted by molar-refractivity contribution is 9.10. The van der Waals surface area contributed by atoms with Crippen molar-refractivity contribution in [2.45, 2.75) is 38.2 Å². The van der Waals surface area contributed by atoms with Crippen LogP contribution in [0.2, 0.25) is 0 Å². The van der Waals surface area contributed by atoms with Crippen LogP contribution in [0.25, 0.3) is 0 Å². The van der Waals surface area contributed by atoms with Crippen molar-refractivity contribution in [1.29, 1.82) is 0 Å². The molecule has 2 aliphatic rings. The Morgan fingerprint density at radius 1 is 1.73 bits per heavy atom. The molecule has 0 saturated carbocycles. The minimum Gasteiger partial charge on any atom is -0.349 e. The van der Waals surface area contributed by atoms with E-state index >= 15 is 0 Å². The highest BCUT2D eigenvalue weighted by atomic mass is 79.9. The predicted molar refractivity (Wildman–Crippen MR) is 57.3 cm³/mol. The van der Waals surface area contributed by atoms with Gasteiger partial charge in [0.15, 0.2) is 11.9 Å². The van der Waals surface area contributed by atoms with E-state index in [0.29, 0.717) is 0 Å². The lowest BCUT2D eigenvalue weighted by Crippen LogP contribution is -2.24. The van der Waals surface area contributed by atoms with Crippen molar-refractivity contribution in [1.82, 2.24) is 9.78 Å². The van der Waals surface area contributed by atoms with Gasteiger partial charge in [-0.3, -0.25) is 4.68 Å². The van der Waals surface area contributed by atoms with Gasteiger partial charge in [-0.25, -0.2) is 0 Å². The molecular formula is C10H13BrN2O2. The number of ether oxygens (including phenoxy) is 2. The Labute approximate surface area is 96.7 Å². The summed E-state index contributed by atoms with van der Waals surface area (Å²) >= 11 is 3.54. The van der Waals surface area contributed by atoms with Crippen molar-refractivity contribution in [3.8, 4) is 0 Å². The number of nitrogens with zero attached hydrogens (tertiary/aromatic N) is 2. The molecule has 82 valence electrons. The second-order valence-electron chi connectivity index (χ2n) is 3.97. The monoisotopic (exact) mass is 272 g/mol. The molecule has 15 heavy (non-hydrogen) atoms. The van der Waals surface area contributed by atoms with Crippen molar-refractivity contribution in [2.75, 3.05) is 6.61 Å². The Bertz CT molecular complexity index is 393. The molecule has 4 nitrogen and oxygen atoms in total. The quantitative estimate of drug-likeness (QED) is 0.774. The summed E-state index contributed by atoms with van der Waals surface area (Å²) in [4.78, 5) is 0. The van der Waals surface area contributed by atoms with Crippen LogP contribution in [-0.4, -0.2) is 22.7 Å². The molecular weight excluding hydrogens is 260 g/mol. The number of fused-ring (bicyclic) bond motifs is 1. The Kier molecular flexibility index (Phi) is 2.16. The zero-order valence-electron chi connectivity index (χ0n) is 8.57. The lowest BCUT2D eigenvalue weighted by molar-refractivity contribution is 0.0415. The molecule has 0 aliphatic carbocycles. The minimum absolute atomic E-state index is 0.0513. The molecule has 1 aromatic rings. The van der Waals surface area contributed by atoms with Crippen molar-refractivity contribution in [3.63, 3.8) is 0 Å². The molecule has 0 N–H and O–H groups in total. The molecule has 1 aromatic heterocycles. The molecule has 3 heterocycles. The van der Waals surface area contributed by atoms with Gasteiger partial charge in [-0.1, -0.05) is 0 Å². The Balaban J connectivity index is 2.01. The second-order valence-corrected chi connectivity index (χ2v) is 4.82. The molecule has 0 bridgehead atoms. The van der Waals surface area contributed by atoms with Gasteiger partial charge in [0.05, 0.1) is 23.0 Å². The summed E-state index contributed by atoms with van der Waals surface area (Å²) in [5.41, 5.74) is 0.915. The molecule has 0 amide bonds. The van der Waals surface area contributed by atoms with Gasteiger partial charge in [0.1, 0.15) is 0 Å². The fraction of sp³-hybridized carbons (Fsp3) is 0.700. The topological polar surface area (TPSA) is 39.6 Å². The number of aromatic nitrogens is 2. The van der Waals surface area contributed by atoms with E-state index in [-0.39, 0.29) is 11.9 Å². The first-order chi connectivity index (χ1) is 7.28. The first-order valence-electron chi connectivity index (χ1n) is 5.29. The molecule has 3 rings (SSSR count). The number of hydrogen-bond donors (Lipinski definition) is 0. The summed E-state index contributed by atoms with van der Waals surface area (Å²) in [7, 11) is 0. The van der Waals surface area contributed by atoms with E-state index in [1.54, 1.807) is 0 Å². The predicted octanol–water partition coefficient (Wildman–Crippen LogP) is 2.03. The first-order valence-corrected chi connectivity index (χ1v) is 6.08. The lowest BCUT2D eigenvalue weighted by Gasteiger charge is -2.18. The van der Waals surface area contributed by atoms with Crippen LogP contribution in [0.1, 0.15) is 25.5 Å². The van der Waals surface area contributed by atoms with Gasteiger partial charge < -0.3 is 9.47 Å². The molecule has 0 radical (unpaired) electrons. The maximum absolute atomic E-state index is 5.72. The Hall–Kier alpha value is -0.390. The molecule has 0 spiro atoms. The standard InChI is InChI=1S/C10H13BrN2O2/c1-2-13-8(7(11)6-12-13)10-4-3-5-14-9(10)15-10/h6,9H,2-5H2,1H3/t9-,10-/m0/s1. The molecule has 0 unspecified atom stereocenters. The Morgan fingerprint density at radius 3 is 3.33 bits per heavy atom. The van der Waals surface area contributed by atoms with Gasteiger partial charge in [-0.2, -0.15) is 5.10 Å². The molecule has 2 fully saturated rings. The van der Waals surface area contributed by atoms with E-state index in [4.69, 9.17) is 9.47 Å². The maximum Gasteiger partial charge on any atom is 0.193 e. The summed E-state index contributed by atoms with van der Waals surface area (Å²) in [5.74, 6) is 0. The van der Waals surface area contributed by atoms with Gasteiger partial charge in [0.25, 0.3) is 0 Å². The van der Waals surface area contributed by atoms with Crippen LogP contribution in [0.4, 0.5) is 0 Å². The minimum atomic E-state index is -0.219. The van der Waals surface area contributed by atoms with Crippen LogP contribution in [0.5, 0.6) is 0 Å². The third kappa shape index (κ3) is 1.30. The van der Waals surface area contributed by atoms with Crippen LogP contribution >= 0.6 is 15.9 Å². The maximum atomic E-state index is 5.72. The molecule has 2 saturated heterocycles. The van der Waals surface area contributed by atoms with Crippen LogP contribution in [-0.2, 0) is 21.6 Å². The second kappa shape index (κ2) is 3.30. The highest BCUT2D eigenvalue weighted by Gasteiger charge is 2.63. The van der Waals surface area contributed by atoms with E-state index in [9.17, 15) is 0 Å². The SMILES string of the molecule is CCn1ncc(Br)c1[C@@]12CCCO[C@H]1O2. The molecule has 0 aromatic carbocycles. The third-order valence-electron chi connectivity index (χ3n) is 3.10. The van der Waals surface area contributed by atoms with E-state index in [1.165, 1.54) is 0 Å². The largest absolute Gasteiger partial charge is 0.349 e. The first kappa shape index (κ1) is 9.81. The molecule has 5 heteroatoms. The Morgan fingerprint density at radius 2 is 2.60 bits per heavy atom. The summed E-state index contributed by atoms with van der Waals surface area (Å²) in [5, 5.41) is 4.32. The zero-order chi connectivity index (χ0) is 10.5. The lowest BCUT2D eigenvalue weighted by atomic mass is 9.97. The fourth-order valence-corrected chi connectivity index (χ4v) is 2.97. The summed E-state index contributed by atoms with van der Waals surface area (Å²) < 4.78 is 14.3. The molecule has 2 atom stereocenters. The average Bonchev–Trinajstić information content (AvgIpc) is 2.87. The van der Waals surface area contributed by atoms with Crippen LogP contribution < -0.4 is 0 Å². The van der Waals surface area contributed by atoms with Gasteiger partial charge in [-0.15, -0.1) is 0 Å². The van der Waals surface area contributed by atoms with E-state index in [0.717, 1.165) is 36.2 Å². The smallest absolute Gasteiger partial charge is 0.193 e. The van der Waals surface area contributed by atoms with Crippen molar-refractivity contribution >= 4 is 15.9 Å². The fourth-order valence-electron chi connectivity index (χ4n) is 2.34. The van der Waals surface area contributed by atoms with E-state index in [1.807, 2.05) is 10.9 Å². The van der Waals surface area contributed by atoms with Crippen LogP contribution in [0.15, 0.2) is 10.7 Å². The van der Waals surface area contributed by atoms with Gasteiger partial charge in [0, 0.05) is 6.54 Å².